The van der Waals surface area contributed by atoms with Crippen LogP contribution in [0.3, 0.4) is 0 Å². The van der Waals surface area contributed by atoms with Crippen LogP contribution >= 0.6 is 12.0 Å². The van der Waals surface area contributed by atoms with Crippen molar-refractivity contribution in [2.24, 2.45) is 17.6 Å². The Hall–Kier alpha value is -0.580. The van der Waals surface area contributed by atoms with E-state index in [1.165, 1.54) is 6.42 Å². The molecule has 0 heterocycles. The third-order valence-corrected chi connectivity index (χ3v) is 3.59. The van der Waals surface area contributed by atoms with Crippen molar-refractivity contribution in [3.63, 3.8) is 0 Å². The minimum absolute atomic E-state index is 0.0104. The van der Waals surface area contributed by atoms with Gasteiger partial charge < -0.3 is 10.3 Å². The van der Waals surface area contributed by atoms with Gasteiger partial charge in [-0.3, -0.25) is 0 Å². The van der Waals surface area contributed by atoms with E-state index in [0.717, 1.165) is 43.0 Å². The molecule has 0 amide bonds. The third-order valence-electron chi connectivity index (χ3n) is 3.12. The first-order chi connectivity index (χ1) is 11.5. The average molecular weight is 362 g/mol. The normalized spacial score (nSPS) is 19.5. The van der Waals surface area contributed by atoms with Crippen molar-refractivity contribution in [2.45, 2.75) is 66.7 Å². The third kappa shape index (κ3) is 26.3. The molecule has 1 atom stereocenters. The van der Waals surface area contributed by atoms with Gasteiger partial charge in [0.25, 0.3) is 0 Å². The number of rotatable bonds is 5. The van der Waals surface area contributed by atoms with Crippen LogP contribution in [0.25, 0.3) is 0 Å². The minimum Gasteiger partial charge on any atom is -0.330 e. The molecule has 0 saturated carbocycles. The fraction of sp³-hybridized carbons (Fsp3) is 0.700. The lowest BCUT2D eigenvalue weighted by molar-refractivity contribution is 0.595. The van der Waals surface area contributed by atoms with E-state index in [2.05, 4.69) is 27.4 Å². The highest BCUT2D eigenvalue weighted by Gasteiger charge is 2.01. The highest BCUT2D eigenvalue weighted by atomic mass is 32.2. The van der Waals surface area contributed by atoms with E-state index >= 15 is 0 Å². The van der Waals surface area contributed by atoms with Gasteiger partial charge in [-0.25, -0.2) is 4.39 Å². The molecule has 1 rings (SSSR count). The van der Waals surface area contributed by atoms with Crippen molar-refractivity contribution in [3.05, 3.63) is 36.7 Å². The molecule has 1 aliphatic carbocycles. The lowest BCUT2D eigenvalue weighted by Gasteiger charge is -2.07. The fourth-order valence-corrected chi connectivity index (χ4v) is 1.61. The van der Waals surface area contributed by atoms with Gasteiger partial charge in [0.05, 0.1) is 5.83 Å². The first-order valence-electron chi connectivity index (χ1n) is 9.11. The second-order valence-electron chi connectivity index (χ2n) is 5.54. The smallest absolute Gasteiger partial charge is 0.0997 e. The summed E-state index contributed by atoms with van der Waals surface area (Å²) in [5.41, 5.74) is 5.09. The number of hydrogen-bond acceptors (Lipinski definition) is 3. The van der Waals surface area contributed by atoms with Gasteiger partial charge in [-0.2, -0.15) is 0 Å². The van der Waals surface area contributed by atoms with Crippen LogP contribution in [0.1, 0.15) is 66.7 Å². The topological polar surface area (TPSA) is 46.2 Å². The van der Waals surface area contributed by atoms with E-state index < -0.39 is 0 Å². The molecule has 0 spiro atoms. The zero-order valence-corrected chi connectivity index (χ0v) is 17.2. The Morgan fingerprint density at radius 2 is 2.04 bits per heavy atom. The van der Waals surface area contributed by atoms with Crippen LogP contribution in [0.15, 0.2) is 36.7 Å². The summed E-state index contributed by atoms with van der Waals surface area (Å²) < 4.78 is 20.7. The van der Waals surface area contributed by atoms with Crippen LogP contribution in [0.5, 0.6) is 0 Å². The Morgan fingerprint density at radius 1 is 1.46 bits per heavy atom. The van der Waals surface area contributed by atoms with E-state index in [0.29, 0.717) is 18.9 Å². The lowest BCUT2D eigenvalue weighted by atomic mass is 10.00. The van der Waals surface area contributed by atoms with Crippen LogP contribution in [0.2, 0.25) is 0 Å². The first-order valence-corrected chi connectivity index (χ1v) is 10.1. The van der Waals surface area contributed by atoms with Gasteiger partial charge >= 0.3 is 0 Å². The molecule has 4 heteroatoms. The van der Waals surface area contributed by atoms with Crippen molar-refractivity contribution >= 4 is 12.0 Å². The van der Waals surface area contributed by atoms with Gasteiger partial charge in [0.15, 0.2) is 0 Å². The summed E-state index contributed by atoms with van der Waals surface area (Å²) in [5, 5.41) is 0. The van der Waals surface area contributed by atoms with E-state index in [9.17, 15) is 4.39 Å². The number of allylic oxidation sites excluding steroid dienone is 5. The van der Waals surface area contributed by atoms with Gasteiger partial charge in [-0.05, 0) is 49.7 Å². The monoisotopic (exact) mass is 361 g/mol. The molecule has 1 aliphatic rings. The van der Waals surface area contributed by atoms with Gasteiger partial charge in [0, 0.05) is 12.2 Å². The van der Waals surface area contributed by atoms with Crippen molar-refractivity contribution in [2.75, 3.05) is 12.3 Å². The maximum absolute atomic E-state index is 12.6. The van der Waals surface area contributed by atoms with Crippen LogP contribution in [-0.2, 0) is 0 Å². The zero-order chi connectivity index (χ0) is 19.2. The lowest BCUT2D eigenvalue weighted by Crippen LogP contribution is -1.98. The summed E-state index contributed by atoms with van der Waals surface area (Å²) >= 11 is 0.846. The summed E-state index contributed by atoms with van der Waals surface area (Å²) in [4.78, 5) is 0. The summed E-state index contributed by atoms with van der Waals surface area (Å²) in [6.45, 7) is 15.0. The van der Waals surface area contributed by atoms with Crippen LogP contribution in [-0.4, -0.2) is 16.9 Å². The molecule has 0 aromatic carbocycles. The molecule has 24 heavy (non-hydrogen) atoms. The van der Waals surface area contributed by atoms with Crippen LogP contribution in [0.4, 0.5) is 4.39 Å². The maximum atomic E-state index is 12.6. The van der Waals surface area contributed by atoms with Crippen LogP contribution < -0.4 is 5.73 Å². The molecule has 2 nitrogen and oxygen atoms in total. The van der Waals surface area contributed by atoms with Crippen molar-refractivity contribution in [1.82, 2.24) is 0 Å². The highest BCUT2D eigenvalue weighted by molar-refractivity contribution is 7.93. The molecule has 0 aromatic rings. The van der Waals surface area contributed by atoms with Gasteiger partial charge in [-0.15, -0.1) is 6.58 Å². The molecule has 3 N–H and O–H groups in total. The largest absolute Gasteiger partial charge is 0.330 e. The fourth-order valence-electron chi connectivity index (χ4n) is 1.31. The highest BCUT2D eigenvalue weighted by Crippen LogP contribution is 2.17. The average Bonchev–Trinajstić information content (AvgIpc) is 2.59. The summed E-state index contributed by atoms with van der Waals surface area (Å²) in [7, 11) is 0. The summed E-state index contributed by atoms with van der Waals surface area (Å²) in [6, 6.07) is 0. The van der Waals surface area contributed by atoms with Crippen molar-refractivity contribution in [1.29, 1.82) is 0 Å². The van der Waals surface area contributed by atoms with E-state index in [1.54, 1.807) is 6.08 Å². The summed E-state index contributed by atoms with van der Waals surface area (Å²) in [6.07, 6.45) is 11.9. The Balaban J connectivity index is -0.000000290. The molecule has 144 valence electrons. The maximum Gasteiger partial charge on any atom is 0.0997 e. The molecule has 0 bridgehead atoms. The predicted octanol–water partition coefficient (Wildman–Crippen LogP) is 7.00. The molecule has 0 aliphatic heterocycles. The standard InChI is InChI=1S/C10H13F.C5H12.C3H9NOS.C2H6/c1-2-9-5-3-7-10(11)8-4-6-9;1-4-5(2)3;4-2-1-3-6-5;1-2/h2-3,5,8-9H,1,4,6-7H2;5H,4H2,1-3H3;5H,1-4H2;1-2H3/b5-3-,10-8+;;;. The second kappa shape index (κ2) is 24.7. The Morgan fingerprint density at radius 3 is 2.42 bits per heavy atom. The minimum atomic E-state index is -0.0104. The molecule has 0 radical (unpaired) electrons. The Labute approximate surface area is 154 Å². The molecule has 1 unspecified atom stereocenters. The Kier molecular flexibility index (Phi) is 29.0. The molecule has 0 fully saturated rings. The predicted molar refractivity (Wildman–Crippen MR) is 111 cm³/mol. The summed E-state index contributed by atoms with van der Waals surface area (Å²) in [5.74, 6) is 2.06. The quantitative estimate of drug-likeness (QED) is 0.315. The molecule has 0 saturated heterocycles. The van der Waals surface area contributed by atoms with E-state index in [4.69, 9.17) is 10.3 Å². The number of halogens is 1. The van der Waals surface area contributed by atoms with Gasteiger partial charge in [0.1, 0.15) is 0 Å². The van der Waals surface area contributed by atoms with E-state index in [1.807, 2.05) is 32.1 Å². The van der Waals surface area contributed by atoms with Gasteiger partial charge in [-0.1, -0.05) is 65.3 Å². The SMILES string of the molecule is C=CC1/C=C\C/C(F)=C\CC1.CC.CCC(C)C.NCCCSO. The van der Waals surface area contributed by atoms with Crippen LogP contribution in [0, 0.1) is 11.8 Å². The number of hydrogen-bond donors (Lipinski definition) is 2. The number of nitrogens with two attached hydrogens (primary N) is 1. The molecular formula is C20H40FNOS. The molecular weight excluding hydrogens is 321 g/mol. The van der Waals surface area contributed by atoms with Crippen molar-refractivity contribution in [3.8, 4) is 0 Å². The Bertz CT molecular complexity index is 300. The molecule has 0 aromatic heterocycles. The first kappa shape index (κ1) is 28.2. The van der Waals surface area contributed by atoms with Gasteiger partial charge in [0.2, 0.25) is 0 Å². The van der Waals surface area contributed by atoms with E-state index in [-0.39, 0.29) is 5.83 Å². The second-order valence-corrected chi connectivity index (χ2v) is 6.20. The van der Waals surface area contributed by atoms with Crippen molar-refractivity contribution < 1.29 is 8.94 Å². The zero-order valence-electron chi connectivity index (χ0n) is 16.4.